The number of nitrogens with two attached hydrogens (primary N) is 2. The fourth-order valence-electron chi connectivity index (χ4n) is 2.53. The summed E-state index contributed by atoms with van der Waals surface area (Å²) < 4.78 is 0. The van der Waals surface area contributed by atoms with Gasteiger partial charge in [0.1, 0.15) is 5.82 Å². The quantitative estimate of drug-likeness (QED) is 0.634. The molecule has 5 nitrogen and oxygen atoms in total. The third kappa shape index (κ3) is 2.36. The average molecular weight is 252 g/mol. The minimum absolute atomic E-state index is 0.0196. The summed E-state index contributed by atoms with van der Waals surface area (Å²) in [6, 6.07) is 0. The molecule has 0 aromatic carbocycles. The van der Waals surface area contributed by atoms with Crippen molar-refractivity contribution in [1.82, 2.24) is 10.2 Å². The second-order valence-electron chi connectivity index (χ2n) is 4.53. The van der Waals surface area contributed by atoms with Gasteiger partial charge < -0.3 is 21.7 Å². The van der Waals surface area contributed by atoms with Gasteiger partial charge in [0.05, 0.1) is 5.41 Å². The van der Waals surface area contributed by atoms with Crippen molar-refractivity contribution in [1.29, 1.82) is 0 Å². The molecule has 0 atom stereocenters. The van der Waals surface area contributed by atoms with E-state index in [9.17, 15) is 4.79 Å². The molecule has 0 aromatic rings. The fraction of sp³-hybridized carbons (Fsp3) is 0.615. The molecular weight excluding hydrogens is 228 g/mol. The number of nitrogens with one attached hydrogen (secondary N) is 1. The second-order valence-corrected chi connectivity index (χ2v) is 4.53. The van der Waals surface area contributed by atoms with Crippen LogP contribution in [0.25, 0.3) is 0 Å². The van der Waals surface area contributed by atoms with Gasteiger partial charge in [0.25, 0.3) is 0 Å². The third-order valence-electron chi connectivity index (χ3n) is 3.59. The highest BCUT2D eigenvalue weighted by atomic mass is 16.2. The Kier molecular flexibility index (Phi) is 4.78. The van der Waals surface area contributed by atoms with Crippen molar-refractivity contribution in [3.63, 3.8) is 0 Å². The van der Waals surface area contributed by atoms with E-state index >= 15 is 0 Å². The van der Waals surface area contributed by atoms with Crippen molar-refractivity contribution >= 4 is 5.91 Å². The molecule has 5 N–H and O–H groups in total. The first-order valence-corrected chi connectivity index (χ1v) is 6.48. The maximum atomic E-state index is 12.0. The number of piperidine rings is 1. The minimum Gasteiger partial charge on any atom is -0.405 e. The van der Waals surface area contributed by atoms with Crippen LogP contribution in [0.2, 0.25) is 0 Å². The summed E-state index contributed by atoms with van der Waals surface area (Å²) in [7, 11) is 2.06. The van der Waals surface area contributed by atoms with Crippen LogP contribution in [-0.4, -0.2) is 30.9 Å². The predicted molar refractivity (Wildman–Crippen MR) is 73.2 cm³/mol. The molecule has 2 aliphatic rings. The maximum Gasteiger partial charge on any atom is 0.236 e. The van der Waals surface area contributed by atoms with E-state index in [0.29, 0.717) is 5.82 Å². The second kappa shape index (κ2) is 5.91. The number of nitrogens with zero attached hydrogens (tertiary/aromatic N) is 1. The lowest BCUT2D eigenvalue weighted by Gasteiger charge is -2.36. The molecule has 1 saturated heterocycles. The van der Waals surface area contributed by atoms with Crippen molar-refractivity contribution in [3.05, 3.63) is 23.7 Å². The van der Waals surface area contributed by atoms with Gasteiger partial charge in [-0.2, -0.15) is 0 Å². The van der Waals surface area contributed by atoms with E-state index < -0.39 is 5.41 Å². The van der Waals surface area contributed by atoms with Crippen molar-refractivity contribution < 1.29 is 4.79 Å². The van der Waals surface area contributed by atoms with Crippen molar-refractivity contribution in [3.8, 4) is 0 Å². The average Bonchev–Trinajstić information content (AvgIpc) is 2.60. The summed E-state index contributed by atoms with van der Waals surface area (Å²) in [4.78, 5) is 14.2. The molecule has 0 unspecified atom stereocenters. The van der Waals surface area contributed by atoms with Gasteiger partial charge >= 0.3 is 0 Å². The van der Waals surface area contributed by atoms with Gasteiger partial charge in [0.2, 0.25) is 5.91 Å². The normalized spacial score (nSPS) is 23.2. The van der Waals surface area contributed by atoms with Crippen LogP contribution in [0.3, 0.4) is 0 Å². The Balaban J connectivity index is 0.000000771. The summed E-state index contributed by atoms with van der Waals surface area (Å²) in [5.74, 6) is 0.474. The zero-order valence-electron chi connectivity index (χ0n) is 11.5. The highest BCUT2D eigenvalue weighted by molar-refractivity contribution is 5.92. The van der Waals surface area contributed by atoms with Crippen LogP contribution >= 0.6 is 0 Å². The summed E-state index contributed by atoms with van der Waals surface area (Å²) in [6.45, 7) is 5.81. The maximum absolute atomic E-state index is 12.0. The Morgan fingerprint density at radius 2 is 1.89 bits per heavy atom. The first-order chi connectivity index (χ1) is 8.60. The zero-order valence-corrected chi connectivity index (χ0v) is 11.5. The number of allylic oxidation sites excluding steroid dienone is 1. The van der Waals surface area contributed by atoms with E-state index in [2.05, 4.69) is 17.3 Å². The zero-order chi connectivity index (χ0) is 13.8. The highest BCUT2D eigenvalue weighted by Crippen LogP contribution is 2.43. The van der Waals surface area contributed by atoms with Crippen LogP contribution in [0.1, 0.15) is 26.7 Å². The Morgan fingerprint density at radius 1 is 1.33 bits per heavy atom. The van der Waals surface area contributed by atoms with Crippen molar-refractivity contribution in [2.45, 2.75) is 26.7 Å². The number of likely N-dealkylation sites (tertiary alicyclic amines) is 1. The van der Waals surface area contributed by atoms with Gasteiger partial charge in [-0.05, 0) is 45.3 Å². The van der Waals surface area contributed by atoms with E-state index in [0.717, 1.165) is 31.5 Å². The molecule has 1 spiro atoms. The minimum atomic E-state index is -0.452. The van der Waals surface area contributed by atoms with E-state index in [1.165, 1.54) is 6.20 Å². The SMILES string of the molecule is CC.CN1CCC2(CC1)C(=O)NC(N)=C2/C=C\N. The number of carbonyl (C=O) groups excluding carboxylic acids is 1. The Bertz CT molecular complexity index is 365. The third-order valence-corrected chi connectivity index (χ3v) is 3.59. The molecule has 102 valence electrons. The number of rotatable bonds is 1. The predicted octanol–water partition coefficient (Wildman–Crippen LogP) is 0.497. The lowest BCUT2D eigenvalue weighted by Crippen LogP contribution is -2.44. The topological polar surface area (TPSA) is 84.4 Å². The molecule has 0 aliphatic carbocycles. The van der Waals surface area contributed by atoms with E-state index in [4.69, 9.17) is 11.5 Å². The smallest absolute Gasteiger partial charge is 0.236 e. The fourth-order valence-corrected chi connectivity index (χ4v) is 2.53. The van der Waals surface area contributed by atoms with Crippen LogP contribution in [0.15, 0.2) is 23.7 Å². The van der Waals surface area contributed by atoms with Crippen LogP contribution in [0.4, 0.5) is 0 Å². The summed E-state index contributed by atoms with van der Waals surface area (Å²) in [5, 5.41) is 2.72. The molecule has 2 aliphatic heterocycles. The highest BCUT2D eigenvalue weighted by Gasteiger charge is 2.48. The molecule has 2 heterocycles. The van der Waals surface area contributed by atoms with Gasteiger partial charge in [-0.1, -0.05) is 13.8 Å². The molecule has 0 aromatic heterocycles. The molecule has 2 rings (SSSR count). The van der Waals surface area contributed by atoms with E-state index in [-0.39, 0.29) is 5.91 Å². The lowest BCUT2D eigenvalue weighted by atomic mass is 9.73. The van der Waals surface area contributed by atoms with Gasteiger partial charge in [0, 0.05) is 5.57 Å². The Hall–Kier alpha value is -1.49. The molecular formula is C13H24N4O. The van der Waals surface area contributed by atoms with Crippen LogP contribution in [0, 0.1) is 5.41 Å². The molecule has 0 bridgehead atoms. The van der Waals surface area contributed by atoms with Crippen LogP contribution in [-0.2, 0) is 4.79 Å². The first-order valence-electron chi connectivity index (χ1n) is 6.48. The van der Waals surface area contributed by atoms with Crippen LogP contribution in [0.5, 0.6) is 0 Å². The number of carbonyl (C=O) groups is 1. The summed E-state index contributed by atoms with van der Waals surface area (Å²) >= 11 is 0. The Labute approximate surface area is 109 Å². The summed E-state index contributed by atoms with van der Waals surface area (Å²) in [6.07, 6.45) is 4.80. The van der Waals surface area contributed by atoms with Gasteiger partial charge in [-0.15, -0.1) is 0 Å². The van der Waals surface area contributed by atoms with Gasteiger partial charge in [0.15, 0.2) is 0 Å². The molecule has 5 heteroatoms. The van der Waals surface area contributed by atoms with Crippen molar-refractivity contribution in [2.24, 2.45) is 16.9 Å². The molecule has 18 heavy (non-hydrogen) atoms. The first kappa shape index (κ1) is 14.6. The van der Waals surface area contributed by atoms with Gasteiger partial charge in [-0.3, -0.25) is 4.79 Å². The number of amides is 1. The molecule has 1 amide bonds. The number of hydrogen-bond acceptors (Lipinski definition) is 4. The standard InChI is InChI=1S/C11H18N4O.C2H6/c1-15-6-3-11(4-7-15)8(2-5-12)9(13)14-10(11)16;1-2/h2,5H,3-4,6-7,12-13H2,1H3,(H,14,16);1-2H3/b5-2-;. The molecule has 0 saturated carbocycles. The number of hydrogen-bond donors (Lipinski definition) is 3. The monoisotopic (exact) mass is 252 g/mol. The van der Waals surface area contributed by atoms with E-state index in [1.54, 1.807) is 6.08 Å². The Morgan fingerprint density at radius 3 is 2.39 bits per heavy atom. The van der Waals surface area contributed by atoms with Crippen LogP contribution < -0.4 is 16.8 Å². The van der Waals surface area contributed by atoms with Crippen molar-refractivity contribution in [2.75, 3.05) is 20.1 Å². The van der Waals surface area contributed by atoms with Gasteiger partial charge in [-0.25, -0.2) is 0 Å². The summed E-state index contributed by atoms with van der Waals surface area (Å²) in [5.41, 5.74) is 11.6. The molecule has 0 radical (unpaired) electrons. The largest absolute Gasteiger partial charge is 0.405 e. The molecule has 1 fully saturated rings. The van der Waals surface area contributed by atoms with E-state index in [1.807, 2.05) is 13.8 Å². The lowest BCUT2D eigenvalue weighted by molar-refractivity contribution is -0.128.